The fraction of sp³-hybridized carbons (Fsp3) is 0.526. The van der Waals surface area contributed by atoms with E-state index in [9.17, 15) is 18.0 Å². The van der Waals surface area contributed by atoms with E-state index in [0.29, 0.717) is 31.1 Å². The number of nitrogens with one attached hydrogen (secondary N) is 1. The molecule has 10 heteroatoms. The first-order valence-corrected chi connectivity index (χ1v) is 11.4. The van der Waals surface area contributed by atoms with Crippen LogP contribution in [0.4, 0.5) is 0 Å². The van der Waals surface area contributed by atoms with E-state index in [-0.39, 0.29) is 47.9 Å². The Hall–Kier alpha value is -2.62. The molecule has 0 radical (unpaired) electrons. The Morgan fingerprint density at radius 3 is 2.72 bits per heavy atom. The van der Waals surface area contributed by atoms with Crippen molar-refractivity contribution >= 4 is 27.4 Å². The molecule has 3 aliphatic rings. The van der Waals surface area contributed by atoms with Crippen LogP contribution in [-0.4, -0.2) is 61.7 Å². The van der Waals surface area contributed by atoms with Crippen LogP contribution in [0.15, 0.2) is 23.3 Å². The molecule has 2 atom stereocenters. The molecule has 29 heavy (non-hydrogen) atoms. The Bertz CT molecular complexity index is 974. The van der Waals surface area contributed by atoms with Gasteiger partial charge in [0.15, 0.2) is 21.3 Å². The summed E-state index contributed by atoms with van der Waals surface area (Å²) in [5.74, 6) is 0.638. The number of ether oxygens (including phenoxy) is 2. The second-order valence-corrected chi connectivity index (χ2v) is 9.67. The molecule has 9 nitrogen and oxygen atoms in total. The van der Waals surface area contributed by atoms with E-state index in [1.54, 1.807) is 0 Å². The molecule has 0 unspecified atom stereocenters. The monoisotopic (exact) mass is 421 g/mol. The lowest BCUT2D eigenvalue weighted by Gasteiger charge is -2.28. The van der Waals surface area contributed by atoms with E-state index in [4.69, 9.17) is 9.47 Å². The molecule has 3 heterocycles. The highest BCUT2D eigenvalue weighted by Gasteiger charge is 2.37. The van der Waals surface area contributed by atoms with Gasteiger partial charge in [-0.05, 0) is 31.0 Å². The molecule has 0 aliphatic carbocycles. The van der Waals surface area contributed by atoms with Crippen molar-refractivity contribution in [2.45, 2.75) is 38.3 Å². The second kappa shape index (κ2) is 7.66. The van der Waals surface area contributed by atoms with Crippen LogP contribution in [-0.2, 0) is 19.4 Å². The molecule has 0 saturated carbocycles. The van der Waals surface area contributed by atoms with Crippen molar-refractivity contribution in [2.75, 3.05) is 24.7 Å². The predicted octanol–water partition coefficient (Wildman–Crippen LogP) is 0.800. The first-order valence-electron chi connectivity index (χ1n) is 9.63. The first kappa shape index (κ1) is 19.7. The lowest BCUT2D eigenvalue weighted by molar-refractivity contribution is -0.133. The van der Waals surface area contributed by atoms with Gasteiger partial charge >= 0.3 is 0 Å². The maximum atomic E-state index is 12.7. The molecule has 1 N–H and O–H groups in total. The largest absolute Gasteiger partial charge is 0.486 e. The zero-order valence-electron chi connectivity index (χ0n) is 16.1. The van der Waals surface area contributed by atoms with Gasteiger partial charge in [0.05, 0.1) is 23.6 Å². The van der Waals surface area contributed by atoms with Crippen molar-refractivity contribution in [1.29, 1.82) is 0 Å². The third kappa shape index (κ3) is 4.21. The third-order valence-electron chi connectivity index (χ3n) is 5.29. The van der Waals surface area contributed by atoms with Crippen LogP contribution < -0.4 is 14.8 Å². The standard InChI is InChI=1S/C19H23N3O6S/c1-12(13-2-4-16-17(10-13)28-8-7-27-16)20-19(24)15-3-5-18(23)22(21-15)14-6-9-29(25,26)11-14/h2,4,10,12,14H,3,5-9,11H2,1H3,(H,20,24)/t12-,14+/m1/s1. The summed E-state index contributed by atoms with van der Waals surface area (Å²) in [4.78, 5) is 24.9. The van der Waals surface area contributed by atoms with Gasteiger partial charge in [-0.2, -0.15) is 5.10 Å². The van der Waals surface area contributed by atoms with Gasteiger partial charge in [-0.15, -0.1) is 0 Å². The number of sulfone groups is 1. The van der Waals surface area contributed by atoms with E-state index < -0.39 is 15.9 Å². The van der Waals surface area contributed by atoms with Gasteiger partial charge in [0.25, 0.3) is 5.91 Å². The minimum absolute atomic E-state index is 0.0413. The number of rotatable bonds is 4. The van der Waals surface area contributed by atoms with E-state index >= 15 is 0 Å². The molecule has 1 fully saturated rings. The van der Waals surface area contributed by atoms with Crippen molar-refractivity contribution < 1.29 is 27.5 Å². The SMILES string of the molecule is C[C@@H](NC(=O)C1=NN([C@H]2CCS(=O)(=O)C2)C(=O)CC1)c1ccc2c(c1)OCCO2. The van der Waals surface area contributed by atoms with Crippen molar-refractivity contribution in [2.24, 2.45) is 5.10 Å². The molecular weight excluding hydrogens is 398 g/mol. The molecule has 156 valence electrons. The molecule has 1 aromatic carbocycles. The van der Waals surface area contributed by atoms with Gasteiger partial charge in [-0.3, -0.25) is 9.59 Å². The van der Waals surface area contributed by atoms with Crippen LogP contribution in [0.25, 0.3) is 0 Å². The van der Waals surface area contributed by atoms with Gasteiger partial charge in [-0.25, -0.2) is 13.4 Å². The number of carbonyl (C=O) groups excluding carboxylic acids is 2. The summed E-state index contributed by atoms with van der Waals surface area (Å²) >= 11 is 0. The summed E-state index contributed by atoms with van der Waals surface area (Å²) in [6.07, 6.45) is 0.718. The molecule has 1 saturated heterocycles. The summed E-state index contributed by atoms with van der Waals surface area (Å²) in [5, 5.41) is 8.29. The quantitative estimate of drug-likeness (QED) is 0.769. The Morgan fingerprint density at radius 2 is 2.00 bits per heavy atom. The number of fused-ring (bicyclic) bond motifs is 1. The molecule has 2 amide bonds. The number of hydrogen-bond acceptors (Lipinski definition) is 7. The van der Waals surface area contributed by atoms with Crippen LogP contribution in [0, 0.1) is 0 Å². The molecule has 0 aromatic heterocycles. The molecule has 3 aliphatic heterocycles. The average Bonchev–Trinajstić information content (AvgIpc) is 3.07. The summed E-state index contributed by atoms with van der Waals surface area (Å²) in [6.45, 7) is 2.84. The van der Waals surface area contributed by atoms with Gasteiger partial charge < -0.3 is 14.8 Å². The van der Waals surface area contributed by atoms with Crippen molar-refractivity contribution in [3.63, 3.8) is 0 Å². The van der Waals surface area contributed by atoms with Crippen LogP contribution in [0.1, 0.15) is 37.8 Å². The van der Waals surface area contributed by atoms with Gasteiger partial charge in [0.1, 0.15) is 18.9 Å². The highest BCUT2D eigenvalue weighted by Crippen LogP contribution is 2.32. The second-order valence-electron chi connectivity index (χ2n) is 7.44. The Kier molecular flexibility index (Phi) is 5.20. The van der Waals surface area contributed by atoms with E-state index in [0.717, 1.165) is 5.56 Å². The Morgan fingerprint density at radius 1 is 1.24 bits per heavy atom. The fourth-order valence-corrected chi connectivity index (χ4v) is 5.37. The lowest BCUT2D eigenvalue weighted by atomic mass is 10.1. The number of nitrogens with zero attached hydrogens (tertiary/aromatic N) is 2. The molecule has 1 aromatic rings. The van der Waals surface area contributed by atoms with Crippen LogP contribution in [0.2, 0.25) is 0 Å². The summed E-state index contributed by atoms with van der Waals surface area (Å²) < 4.78 is 34.5. The number of benzene rings is 1. The number of hydrazone groups is 1. The highest BCUT2D eigenvalue weighted by atomic mass is 32.2. The van der Waals surface area contributed by atoms with Crippen LogP contribution in [0.3, 0.4) is 0 Å². The summed E-state index contributed by atoms with van der Waals surface area (Å²) in [5.41, 5.74) is 1.09. The number of hydrogen-bond donors (Lipinski definition) is 1. The van der Waals surface area contributed by atoms with Crippen LogP contribution >= 0.6 is 0 Å². The van der Waals surface area contributed by atoms with Crippen LogP contribution in [0.5, 0.6) is 11.5 Å². The minimum atomic E-state index is -3.15. The first-order chi connectivity index (χ1) is 13.8. The molecule has 4 rings (SSSR count). The number of carbonyl (C=O) groups is 2. The normalized spacial score (nSPS) is 24.0. The maximum Gasteiger partial charge on any atom is 0.267 e. The predicted molar refractivity (Wildman–Crippen MR) is 105 cm³/mol. The highest BCUT2D eigenvalue weighted by molar-refractivity contribution is 7.91. The molecule has 0 bridgehead atoms. The Balaban J connectivity index is 1.46. The minimum Gasteiger partial charge on any atom is -0.486 e. The van der Waals surface area contributed by atoms with Gasteiger partial charge in [-0.1, -0.05) is 6.07 Å². The molecule has 0 spiro atoms. The molecular formula is C19H23N3O6S. The third-order valence-corrected chi connectivity index (χ3v) is 7.04. The zero-order valence-corrected chi connectivity index (χ0v) is 16.9. The zero-order chi connectivity index (χ0) is 20.6. The number of amides is 2. The van der Waals surface area contributed by atoms with Gasteiger partial charge in [0.2, 0.25) is 5.91 Å². The fourth-order valence-electron chi connectivity index (χ4n) is 3.68. The van der Waals surface area contributed by atoms with E-state index in [1.807, 2.05) is 25.1 Å². The Labute approximate surface area is 169 Å². The average molecular weight is 421 g/mol. The van der Waals surface area contributed by atoms with Crippen molar-refractivity contribution in [3.05, 3.63) is 23.8 Å². The van der Waals surface area contributed by atoms with Crippen molar-refractivity contribution in [1.82, 2.24) is 10.3 Å². The topological polar surface area (TPSA) is 114 Å². The van der Waals surface area contributed by atoms with E-state index in [2.05, 4.69) is 10.4 Å². The smallest absolute Gasteiger partial charge is 0.267 e. The summed E-state index contributed by atoms with van der Waals surface area (Å²) in [7, 11) is -3.15. The lowest BCUT2D eigenvalue weighted by Crippen LogP contribution is -2.44. The maximum absolute atomic E-state index is 12.7. The van der Waals surface area contributed by atoms with Crippen molar-refractivity contribution in [3.8, 4) is 11.5 Å². The van der Waals surface area contributed by atoms with Gasteiger partial charge in [0, 0.05) is 12.8 Å². The van der Waals surface area contributed by atoms with E-state index in [1.165, 1.54) is 5.01 Å². The summed E-state index contributed by atoms with van der Waals surface area (Å²) in [6, 6.07) is 4.71.